The molecule has 1 atom stereocenters. The number of aromatic nitrogens is 2. The Hall–Kier alpha value is -1.69. The van der Waals surface area contributed by atoms with Crippen molar-refractivity contribution >= 4 is 11.7 Å². The molecule has 0 spiro atoms. The van der Waals surface area contributed by atoms with Crippen LogP contribution in [0, 0.1) is 5.92 Å². The van der Waals surface area contributed by atoms with Crippen LogP contribution >= 0.6 is 0 Å². The summed E-state index contributed by atoms with van der Waals surface area (Å²) in [5, 5.41) is 17.6. The topological polar surface area (TPSA) is 69.6 Å². The highest BCUT2D eigenvalue weighted by Crippen LogP contribution is 2.24. The molecule has 2 aliphatic heterocycles. The lowest BCUT2D eigenvalue weighted by atomic mass is 9.95. The monoisotopic (exact) mass is 290 g/mol. The number of carbonyl (C=O) groups excluding carboxylic acids is 1. The fraction of sp³-hybridized carbons (Fsp3) is 0.667. The Kier molecular flexibility index (Phi) is 4.34. The van der Waals surface area contributed by atoms with Gasteiger partial charge < -0.3 is 14.9 Å². The van der Waals surface area contributed by atoms with Gasteiger partial charge in [0.15, 0.2) is 5.82 Å². The van der Waals surface area contributed by atoms with Gasteiger partial charge in [-0.1, -0.05) is 0 Å². The van der Waals surface area contributed by atoms with Crippen LogP contribution in [-0.2, 0) is 4.79 Å². The van der Waals surface area contributed by atoms with Gasteiger partial charge in [-0.15, -0.1) is 5.10 Å². The van der Waals surface area contributed by atoms with E-state index < -0.39 is 0 Å². The quantitative estimate of drug-likeness (QED) is 0.867. The highest BCUT2D eigenvalue weighted by atomic mass is 16.3. The van der Waals surface area contributed by atoms with Gasteiger partial charge in [-0.2, -0.15) is 5.10 Å². The van der Waals surface area contributed by atoms with Crippen molar-refractivity contribution in [3.05, 3.63) is 18.3 Å². The van der Waals surface area contributed by atoms with E-state index in [1.807, 2.05) is 17.0 Å². The van der Waals surface area contributed by atoms with Crippen LogP contribution in [0.3, 0.4) is 0 Å². The predicted molar refractivity (Wildman–Crippen MR) is 78.8 cm³/mol. The first-order chi connectivity index (χ1) is 10.2. The maximum atomic E-state index is 12.6. The van der Waals surface area contributed by atoms with Gasteiger partial charge in [0.05, 0.1) is 12.0 Å². The maximum absolute atomic E-state index is 12.6. The molecule has 0 aromatic carbocycles. The first-order valence-electron chi connectivity index (χ1n) is 7.73. The Morgan fingerprint density at radius 3 is 2.76 bits per heavy atom. The zero-order valence-electron chi connectivity index (χ0n) is 12.2. The molecule has 3 heterocycles. The van der Waals surface area contributed by atoms with Gasteiger partial charge >= 0.3 is 0 Å². The second-order valence-electron chi connectivity index (χ2n) is 5.92. The molecule has 21 heavy (non-hydrogen) atoms. The Labute approximate surface area is 124 Å². The summed E-state index contributed by atoms with van der Waals surface area (Å²) in [5.74, 6) is 1.12. The van der Waals surface area contributed by atoms with Crippen LogP contribution < -0.4 is 4.90 Å². The summed E-state index contributed by atoms with van der Waals surface area (Å²) in [6.45, 7) is 3.01. The van der Waals surface area contributed by atoms with E-state index in [-0.39, 0.29) is 17.9 Å². The van der Waals surface area contributed by atoms with Crippen LogP contribution in [0.4, 0.5) is 5.82 Å². The van der Waals surface area contributed by atoms with E-state index in [1.54, 1.807) is 6.20 Å². The molecule has 1 amide bonds. The molecular weight excluding hydrogens is 268 g/mol. The molecule has 2 aliphatic rings. The number of hydrogen-bond acceptors (Lipinski definition) is 5. The van der Waals surface area contributed by atoms with Gasteiger partial charge in [-0.05, 0) is 37.8 Å². The summed E-state index contributed by atoms with van der Waals surface area (Å²) in [4.78, 5) is 16.7. The first-order valence-corrected chi connectivity index (χ1v) is 7.73. The Morgan fingerprint density at radius 1 is 1.24 bits per heavy atom. The first kappa shape index (κ1) is 14.3. The van der Waals surface area contributed by atoms with E-state index >= 15 is 0 Å². The number of likely N-dealkylation sites (tertiary alicyclic amines) is 1. The Morgan fingerprint density at radius 2 is 2.05 bits per heavy atom. The van der Waals surface area contributed by atoms with Crippen molar-refractivity contribution in [3.63, 3.8) is 0 Å². The molecule has 1 N–H and O–H groups in total. The van der Waals surface area contributed by atoms with E-state index in [9.17, 15) is 9.90 Å². The standard InChI is InChI=1S/C15H22N4O2/c20-13-5-9-18(10-6-13)15(21)12-3-2-8-19(11-12)14-4-1-7-16-17-14/h1,4,7,12-13,20H,2-3,5-6,8-11H2. The van der Waals surface area contributed by atoms with E-state index in [0.717, 1.165) is 31.7 Å². The Balaban J connectivity index is 1.62. The van der Waals surface area contributed by atoms with Crippen molar-refractivity contribution in [2.75, 3.05) is 31.1 Å². The fourth-order valence-electron chi connectivity index (χ4n) is 3.19. The number of aliphatic hydroxyl groups is 1. The number of amides is 1. The molecule has 1 aromatic heterocycles. The number of rotatable bonds is 2. The van der Waals surface area contributed by atoms with Gasteiger partial charge in [0.1, 0.15) is 0 Å². The average molecular weight is 290 g/mol. The van der Waals surface area contributed by atoms with Gasteiger partial charge in [-0.25, -0.2) is 0 Å². The van der Waals surface area contributed by atoms with Crippen molar-refractivity contribution in [2.24, 2.45) is 5.92 Å². The molecule has 0 saturated carbocycles. The zero-order valence-corrected chi connectivity index (χ0v) is 12.2. The van der Waals surface area contributed by atoms with E-state index in [4.69, 9.17) is 0 Å². The van der Waals surface area contributed by atoms with Crippen molar-refractivity contribution in [1.82, 2.24) is 15.1 Å². The lowest BCUT2D eigenvalue weighted by Crippen LogP contribution is -2.48. The highest BCUT2D eigenvalue weighted by Gasteiger charge is 2.31. The summed E-state index contributed by atoms with van der Waals surface area (Å²) < 4.78 is 0. The van der Waals surface area contributed by atoms with Crippen molar-refractivity contribution < 1.29 is 9.90 Å². The van der Waals surface area contributed by atoms with Crippen LogP contribution in [0.1, 0.15) is 25.7 Å². The number of aliphatic hydroxyl groups excluding tert-OH is 1. The Bertz CT molecular complexity index is 474. The third kappa shape index (κ3) is 3.32. The highest BCUT2D eigenvalue weighted by molar-refractivity contribution is 5.79. The largest absolute Gasteiger partial charge is 0.393 e. The number of nitrogens with zero attached hydrogens (tertiary/aromatic N) is 4. The minimum atomic E-state index is -0.239. The molecule has 0 bridgehead atoms. The molecular formula is C15H22N4O2. The lowest BCUT2D eigenvalue weighted by Gasteiger charge is -2.37. The molecule has 2 saturated heterocycles. The molecule has 6 nitrogen and oxygen atoms in total. The summed E-state index contributed by atoms with van der Waals surface area (Å²) in [5.41, 5.74) is 0. The molecule has 1 unspecified atom stereocenters. The summed E-state index contributed by atoms with van der Waals surface area (Å²) >= 11 is 0. The third-order valence-corrected chi connectivity index (χ3v) is 4.43. The van der Waals surface area contributed by atoms with Gasteiger partial charge in [0.25, 0.3) is 0 Å². The molecule has 1 aromatic rings. The van der Waals surface area contributed by atoms with Crippen LogP contribution in [-0.4, -0.2) is 58.4 Å². The van der Waals surface area contributed by atoms with Crippen molar-refractivity contribution in [3.8, 4) is 0 Å². The van der Waals surface area contributed by atoms with Crippen LogP contribution in [0.25, 0.3) is 0 Å². The average Bonchev–Trinajstić information content (AvgIpc) is 2.56. The van der Waals surface area contributed by atoms with E-state index in [1.165, 1.54) is 0 Å². The summed E-state index contributed by atoms with van der Waals surface area (Å²) in [6.07, 6.45) is 4.77. The summed E-state index contributed by atoms with van der Waals surface area (Å²) in [6, 6.07) is 3.82. The van der Waals surface area contributed by atoms with Gasteiger partial charge in [0.2, 0.25) is 5.91 Å². The molecule has 3 rings (SSSR count). The van der Waals surface area contributed by atoms with E-state index in [2.05, 4.69) is 15.1 Å². The molecule has 2 fully saturated rings. The lowest BCUT2D eigenvalue weighted by molar-refractivity contribution is -0.137. The third-order valence-electron chi connectivity index (χ3n) is 4.43. The minimum Gasteiger partial charge on any atom is -0.393 e. The maximum Gasteiger partial charge on any atom is 0.227 e. The van der Waals surface area contributed by atoms with Gasteiger partial charge in [-0.3, -0.25) is 4.79 Å². The van der Waals surface area contributed by atoms with Crippen LogP contribution in [0.15, 0.2) is 18.3 Å². The van der Waals surface area contributed by atoms with Crippen LogP contribution in [0.2, 0.25) is 0 Å². The number of anilines is 1. The fourth-order valence-corrected chi connectivity index (χ4v) is 3.19. The second kappa shape index (κ2) is 6.39. The molecule has 114 valence electrons. The molecule has 0 radical (unpaired) electrons. The molecule has 6 heteroatoms. The van der Waals surface area contributed by atoms with E-state index in [0.29, 0.717) is 25.9 Å². The van der Waals surface area contributed by atoms with Crippen molar-refractivity contribution in [1.29, 1.82) is 0 Å². The number of carbonyl (C=O) groups is 1. The smallest absolute Gasteiger partial charge is 0.227 e. The minimum absolute atomic E-state index is 0.0380. The predicted octanol–water partition coefficient (Wildman–Crippen LogP) is 0.676. The second-order valence-corrected chi connectivity index (χ2v) is 5.92. The molecule has 0 aliphatic carbocycles. The zero-order chi connectivity index (χ0) is 14.7. The number of piperidine rings is 2. The van der Waals surface area contributed by atoms with Crippen molar-refractivity contribution in [2.45, 2.75) is 31.8 Å². The summed E-state index contributed by atoms with van der Waals surface area (Å²) in [7, 11) is 0. The number of hydrogen-bond donors (Lipinski definition) is 1. The SMILES string of the molecule is O=C(C1CCCN(c2cccnn2)C1)N1CCC(O)CC1. The van der Waals surface area contributed by atoms with Crippen LogP contribution in [0.5, 0.6) is 0 Å². The van der Waals surface area contributed by atoms with Gasteiger partial charge in [0, 0.05) is 32.4 Å². The normalized spacial score (nSPS) is 24.1.